The Labute approximate surface area is 176 Å². The lowest BCUT2D eigenvalue weighted by atomic mass is 10.1. The fourth-order valence-electron chi connectivity index (χ4n) is 3.22. The predicted molar refractivity (Wildman–Crippen MR) is 117 cm³/mol. The molecule has 1 atom stereocenters. The van der Waals surface area contributed by atoms with Crippen molar-refractivity contribution in [2.24, 2.45) is 4.99 Å². The summed E-state index contributed by atoms with van der Waals surface area (Å²) in [4.78, 5) is 4.53. The van der Waals surface area contributed by atoms with Crippen molar-refractivity contribution in [2.45, 2.75) is 19.1 Å². The lowest BCUT2D eigenvalue weighted by Gasteiger charge is -2.21. The highest BCUT2D eigenvalue weighted by Gasteiger charge is 2.20. The van der Waals surface area contributed by atoms with E-state index in [1.807, 2.05) is 66.7 Å². The minimum Gasteiger partial charge on any atom is -0.485 e. The van der Waals surface area contributed by atoms with Crippen LogP contribution in [0.1, 0.15) is 23.7 Å². The SMILES string of the molecule is Clc1ccc(COc2ccccc2OC(CC2=NCCN2)c2ccccc2)cc1. The molecule has 0 radical (unpaired) electrons. The predicted octanol–water partition coefficient (Wildman–Crippen LogP) is 5.43. The van der Waals surface area contributed by atoms with Gasteiger partial charge in [0.15, 0.2) is 11.5 Å². The van der Waals surface area contributed by atoms with Crippen LogP contribution in [0.25, 0.3) is 0 Å². The Morgan fingerprint density at radius 1 is 0.897 bits per heavy atom. The van der Waals surface area contributed by atoms with Crippen LogP contribution in [-0.2, 0) is 6.61 Å². The number of rotatable bonds is 8. The third-order valence-electron chi connectivity index (χ3n) is 4.72. The summed E-state index contributed by atoms with van der Waals surface area (Å²) in [5.74, 6) is 2.41. The van der Waals surface area contributed by atoms with Crippen molar-refractivity contribution in [2.75, 3.05) is 13.1 Å². The number of nitrogens with zero attached hydrogens (tertiary/aromatic N) is 1. The topological polar surface area (TPSA) is 42.9 Å². The molecule has 0 bridgehead atoms. The van der Waals surface area contributed by atoms with E-state index < -0.39 is 0 Å². The minimum atomic E-state index is -0.152. The van der Waals surface area contributed by atoms with Gasteiger partial charge in [0.05, 0.1) is 6.54 Å². The highest BCUT2D eigenvalue weighted by atomic mass is 35.5. The molecule has 0 amide bonds. The van der Waals surface area contributed by atoms with Crippen molar-refractivity contribution in [1.29, 1.82) is 0 Å². The second-order valence-electron chi connectivity index (χ2n) is 6.84. The molecule has 1 N–H and O–H groups in total. The Balaban J connectivity index is 1.51. The number of hydrogen-bond acceptors (Lipinski definition) is 4. The maximum absolute atomic E-state index is 6.43. The van der Waals surface area contributed by atoms with Crippen LogP contribution in [0, 0.1) is 0 Å². The van der Waals surface area contributed by atoms with Gasteiger partial charge >= 0.3 is 0 Å². The molecule has 1 aliphatic rings. The van der Waals surface area contributed by atoms with Crippen molar-refractivity contribution in [3.63, 3.8) is 0 Å². The molecular formula is C24H23ClN2O2. The number of aliphatic imine (C=N–C) groups is 1. The number of amidine groups is 1. The molecule has 4 rings (SSSR count). The van der Waals surface area contributed by atoms with Gasteiger partial charge in [0.25, 0.3) is 0 Å². The second-order valence-corrected chi connectivity index (χ2v) is 7.27. The first-order valence-electron chi connectivity index (χ1n) is 9.73. The zero-order chi connectivity index (χ0) is 19.9. The van der Waals surface area contributed by atoms with E-state index in [-0.39, 0.29) is 6.10 Å². The third kappa shape index (κ3) is 5.30. The van der Waals surface area contributed by atoms with Crippen LogP contribution < -0.4 is 14.8 Å². The van der Waals surface area contributed by atoms with Crippen molar-refractivity contribution >= 4 is 17.4 Å². The van der Waals surface area contributed by atoms with Crippen molar-refractivity contribution < 1.29 is 9.47 Å². The molecule has 148 valence electrons. The molecule has 0 aromatic heterocycles. The van der Waals surface area contributed by atoms with Crippen LogP contribution in [-0.4, -0.2) is 18.9 Å². The number of nitrogens with one attached hydrogen (secondary N) is 1. The Bertz CT molecular complexity index is 958. The fourth-order valence-corrected chi connectivity index (χ4v) is 3.34. The van der Waals surface area contributed by atoms with E-state index >= 15 is 0 Å². The lowest BCUT2D eigenvalue weighted by Crippen LogP contribution is -2.23. The summed E-state index contributed by atoms with van der Waals surface area (Å²) in [5.41, 5.74) is 2.16. The van der Waals surface area contributed by atoms with Gasteiger partial charge in [-0.05, 0) is 35.4 Å². The molecular weight excluding hydrogens is 384 g/mol. The van der Waals surface area contributed by atoms with Gasteiger partial charge in [-0.2, -0.15) is 0 Å². The third-order valence-corrected chi connectivity index (χ3v) is 4.97. The summed E-state index contributed by atoms with van der Waals surface area (Å²) in [6, 6.07) is 25.6. The van der Waals surface area contributed by atoms with Crippen LogP contribution in [0.15, 0.2) is 83.9 Å². The number of hydrogen-bond donors (Lipinski definition) is 1. The lowest BCUT2D eigenvalue weighted by molar-refractivity contribution is 0.195. The van der Waals surface area contributed by atoms with E-state index in [2.05, 4.69) is 22.4 Å². The maximum Gasteiger partial charge on any atom is 0.162 e. The van der Waals surface area contributed by atoms with Crippen molar-refractivity contribution in [3.8, 4) is 11.5 Å². The maximum atomic E-state index is 6.43. The van der Waals surface area contributed by atoms with Gasteiger partial charge in [-0.3, -0.25) is 4.99 Å². The Morgan fingerprint density at radius 3 is 2.34 bits per heavy atom. The van der Waals surface area contributed by atoms with Gasteiger partial charge in [-0.25, -0.2) is 0 Å². The number of para-hydroxylation sites is 2. The molecule has 0 saturated heterocycles. The number of ether oxygens (including phenoxy) is 2. The Morgan fingerprint density at radius 2 is 1.62 bits per heavy atom. The quantitative estimate of drug-likeness (QED) is 0.542. The zero-order valence-corrected chi connectivity index (χ0v) is 16.8. The summed E-state index contributed by atoms with van der Waals surface area (Å²) in [6.45, 7) is 2.15. The van der Waals surface area contributed by atoms with Crippen LogP contribution >= 0.6 is 11.6 Å². The van der Waals surface area contributed by atoms with Gasteiger partial charge in [-0.15, -0.1) is 0 Å². The van der Waals surface area contributed by atoms with Crippen LogP contribution in [0.2, 0.25) is 5.02 Å². The van der Waals surface area contributed by atoms with E-state index in [4.69, 9.17) is 21.1 Å². The smallest absolute Gasteiger partial charge is 0.162 e. The van der Waals surface area contributed by atoms with E-state index in [1.165, 1.54) is 0 Å². The zero-order valence-electron chi connectivity index (χ0n) is 16.1. The van der Waals surface area contributed by atoms with E-state index in [1.54, 1.807) is 0 Å². The molecule has 4 nitrogen and oxygen atoms in total. The Kier molecular flexibility index (Phi) is 6.32. The standard InChI is InChI=1S/C24H23ClN2O2/c25-20-12-10-18(11-13-20)17-28-21-8-4-5-9-22(21)29-23(16-24-26-14-15-27-24)19-6-2-1-3-7-19/h1-13,23H,14-17H2,(H,26,27). The average molecular weight is 407 g/mol. The second kappa shape index (κ2) is 9.48. The minimum absolute atomic E-state index is 0.152. The van der Waals surface area contributed by atoms with E-state index in [0.29, 0.717) is 29.5 Å². The largest absolute Gasteiger partial charge is 0.485 e. The van der Waals surface area contributed by atoms with Gasteiger partial charge in [0.1, 0.15) is 18.5 Å². The molecule has 0 fully saturated rings. The van der Waals surface area contributed by atoms with E-state index in [9.17, 15) is 0 Å². The van der Waals surface area contributed by atoms with Gasteiger partial charge in [0, 0.05) is 18.0 Å². The molecule has 3 aromatic rings. The number of benzene rings is 3. The summed E-state index contributed by atoms with van der Waals surface area (Å²) in [6.07, 6.45) is 0.538. The first kappa shape index (κ1) is 19.3. The number of halogens is 1. The molecule has 1 aliphatic heterocycles. The molecule has 0 aliphatic carbocycles. The highest BCUT2D eigenvalue weighted by molar-refractivity contribution is 6.30. The monoisotopic (exact) mass is 406 g/mol. The average Bonchev–Trinajstić information content (AvgIpc) is 3.28. The molecule has 0 saturated carbocycles. The molecule has 5 heteroatoms. The molecule has 1 heterocycles. The first-order valence-corrected chi connectivity index (χ1v) is 10.1. The van der Waals surface area contributed by atoms with E-state index in [0.717, 1.165) is 30.1 Å². The van der Waals surface area contributed by atoms with Crippen LogP contribution in [0.4, 0.5) is 0 Å². The first-order chi connectivity index (χ1) is 14.3. The summed E-state index contributed by atoms with van der Waals surface area (Å²) in [5, 5.41) is 4.05. The molecule has 29 heavy (non-hydrogen) atoms. The van der Waals surface area contributed by atoms with Crippen LogP contribution in [0.5, 0.6) is 11.5 Å². The summed E-state index contributed by atoms with van der Waals surface area (Å²) < 4.78 is 12.5. The van der Waals surface area contributed by atoms with Crippen molar-refractivity contribution in [1.82, 2.24) is 5.32 Å². The van der Waals surface area contributed by atoms with Gasteiger partial charge in [0.2, 0.25) is 0 Å². The molecule has 1 unspecified atom stereocenters. The highest BCUT2D eigenvalue weighted by Crippen LogP contribution is 2.33. The molecule has 3 aromatic carbocycles. The summed E-state index contributed by atoms with van der Waals surface area (Å²) in [7, 11) is 0. The molecule has 0 spiro atoms. The Hall–Kier alpha value is -2.98. The normalized spacial score (nSPS) is 14.0. The van der Waals surface area contributed by atoms with Gasteiger partial charge in [-0.1, -0.05) is 66.2 Å². The summed E-state index contributed by atoms with van der Waals surface area (Å²) >= 11 is 5.96. The van der Waals surface area contributed by atoms with Crippen LogP contribution in [0.3, 0.4) is 0 Å². The fraction of sp³-hybridized carbons (Fsp3) is 0.208. The van der Waals surface area contributed by atoms with Gasteiger partial charge < -0.3 is 14.8 Å². The van der Waals surface area contributed by atoms with Crippen molar-refractivity contribution in [3.05, 3.63) is 95.0 Å².